The molecule has 0 bridgehead atoms. The molecule has 4 aromatic rings. The monoisotopic (exact) mass is 435 g/mol. The zero-order valence-corrected chi connectivity index (χ0v) is 17.7. The van der Waals surface area contributed by atoms with Crippen LogP contribution in [0.1, 0.15) is 12.7 Å². The molecule has 3 aromatic heterocycles. The van der Waals surface area contributed by atoms with Gasteiger partial charge in [-0.2, -0.15) is 0 Å². The van der Waals surface area contributed by atoms with Crippen molar-refractivity contribution in [2.45, 2.75) is 18.6 Å². The van der Waals surface area contributed by atoms with Crippen LogP contribution in [0.3, 0.4) is 0 Å². The SMILES string of the molecule is CCOc1ccc(NC(=O)CSc2nnc(-c3ccncc3)n2Cc2ccco2)cc1. The van der Waals surface area contributed by atoms with Gasteiger partial charge in [0.25, 0.3) is 0 Å². The quantitative estimate of drug-likeness (QED) is 0.395. The zero-order valence-electron chi connectivity index (χ0n) is 16.9. The molecule has 0 unspecified atom stereocenters. The van der Waals surface area contributed by atoms with Gasteiger partial charge in [0.05, 0.1) is 25.2 Å². The number of furan rings is 1. The molecule has 3 heterocycles. The molecule has 0 saturated carbocycles. The van der Waals surface area contributed by atoms with Crippen LogP contribution in [0.2, 0.25) is 0 Å². The fourth-order valence-corrected chi connectivity index (χ4v) is 3.68. The minimum absolute atomic E-state index is 0.132. The molecule has 9 heteroatoms. The van der Waals surface area contributed by atoms with Crippen LogP contribution in [-0.4, -0.2) is 38.0 Å². The number of rotatable bonds is 9. The minimum Gasteiger partial charge on any atom is -0.494 e. The van der Waals surface area contributed by atoms with E-state index >= 15 is 0 Å². The smallest absolute Gasteiger partial charge is 0.234 e. The van der Waals surface area contributed by atoms with Gasteiger partial charge in [-0.15, -0.1) is 10.2 Å². The highest BCUT2D eigenvalue weighted by molar-refractivity contribution is 7.99. The Labute approximate surface area is 183 Å². The predicted octanol–water partition coefficient (Wildman–Crippen LogP) is 4.11. The van der Waals surface area contributed by atoms with Gasteiger partial charge < -0.3 is 14.5 Å². The normalized spacial score (nSPS) is 10.7. The third-order valence-corrected chi connectivity index (χ3v) is 5.30. The third-order valence-electron chi connectivity index (χ3n) is 4.33. The summed E-state index contributed by atoms with van der Waals surface area (Å²) in [7, 11) is 0. The summed E-state index contributed by atoms with van der Waals surface area (Å²) in [6, 6.07) is 14.8. The number of ether oxygens (including phenoxy) is 1. The lowest BCUT2D eigenvalue weighted by atomic mass is 10.2. The molecule has 1 amide bonds. The van der Waals surface area contributed by atoms with Crippen LogP contribution >= 0.6 is 11.8 Å². The van der Waals surface area contributed by atoms with Crippen LogP contribution < -0.4 is 10.1 Å². The number of benzene rings is 1. The first kappa shape index (κ1) is 20.7. The van der Waals surface area contributed by atoms with Gasteiger partial charge in [-0.1, -0.05) is 11.8 Å². The number of hydrogen-bond acceptors (Lipinski definition) is 7. The summed E-state index contributed by atoms with van der Waals surface area (Å²) >= 11 is 1.32. The van der Waals surface area contributed by atoms with Crippen LogP contribution in [0.5, 0.6) is 5.75 Å². The summed E-state index contributed by atoms with van der Waals surface area (Å²) in [5, 5.41) is 12.1. The highest BCUT2D eigenvalue weighted by atomic mass is 32.2. The van der Waals surface area contributed by atoms with E-state index < -0.39 is 0 Å². The largest absolute Gasteiger partial charge is 0.494 e. The lowest BCUT2D eigenvalue weighted by Crippen LogP contribution is -2.14. The van der Waals surface area contributed by atoms with Crippen LogP contribution in [0.4, 0.5) is 5.69 Å². The molecular formula is C22H21N5O3S. The number of nitrogens with zero attached hydrogens (tertiary/aromatic N) is 4. The third kappa shape index (κ3) is 5.32. The highest BCUT2D eigenvalue weighted by Crippen LogP contribution is 2.25. The lowest BCUT2D eigenvalue weighted by Gasteiger charge is -2.09. The van der Waals surface area contributed by atoms with Crippen LogP contribution in [0.25, 0.3) is 11.4 Å². The zero-order chi connectivity index (χ0) is 21.5. The van der Waals surface area contributed by atoms with E-state index in [-0.39, 0.29) is 11.7 Å². The van der Waals surface area contributed by atoms with E-state index in [2.05, 4.69) is 20.5 Å². The molecule has 8 nitrogen and oxygen atoms in total. The maximum Gasteiger partial charge on any atom is 0.234 e. The van der Waals surface area contributed by atoms with Gasteiger partial charge in [0.15, 0.2) is 11.0 Å². The Bertz CT molecular complexity index is 1110. The summed E-state index contributed by atoms with van der Waals surface area (Å²) in [6.07, 6.45) is 5.04. The summed E-state index contributed by atoms with van der Waals surface area (Å²) in [5.74, 6) is 2.29. The molecule has 31 heavy (non-hydrogen) atoms. The summed E-state index contributed by atoms with van der Waals surface area (Å²) < 4.78 is 12.8. The molecule has 0 saturated heterocycles. The van der Waals surface area contributed by atoms with Gasteiger partial charge in [0.1, 0.15) is 11.5 Å². The molecule has 158 valence electrons. The second kappa shape index (κ2) is 9.94. The Morgan fingerprint density at radius 3 is 2.65 bits per heavy atom. The summed E-state index contributed by atoms with van der Waals surface area (Å²) in [5.41, 5.74) is 1.60. The first-order valence-electron chi connectivity index (χ1n) is 9.74. The van der Waals surface area contributed by atoms with Crippen molar-refractivity contribution in [3.05, 3.63) is 72.9 Å². The van der Waals surface area contributed by atoms with Crippen molar-refractivity contribution in [1.82, 2.24) is 19.7 Å². The van der Waals surface area contributed by atoms with E-state index in [1.54, 1.807) is 18.7 Å². The maximum atomic E-state index is 12.5. The maximum absolute atomic E-state index is 12.5. The standard InChI is InChI=1S/C22H21N5O3S/c1-2-29-18-7-5-17(6-8-18)24-20(28)15-31-22-26-25-21(16-9-11-23-12-10-16)27(22)14-19-4-3-13-30-19/h3-13H,2,14-15H2,1H3,(H,24,28). The molecule has 0 radical (unpaired) electrons. The summed E-state index contributed by atoms with van der Waals surface area (Å²) in [6.45, 7) is 2.99. The van der Waals surface area contributed by atoms with Crippen LogP contribution in [0, 0.1) is 0 Å². The van der Waals surface area contributed by atoms with Crippen molar-refractivity contribution in [3.8, 4) is 17.1 Å². The first-order valence-corrected chi connectivity index (χ1v) is 10.7. The number of aromatic nitrogens is 4. The predicted molar refractivity (Wildman–Crippen MR) is 118 cm³/mol. The van der Waals surface area contributed by atoms with Gasteiger partial charge in [-0.25, -0.2) is 0 Å². The molecule has 0 aliphatic heterocycles. The number of anilines is 1. The van der Waals surface area contributed by atoms with Gasteiger partial charge in [0, 0.05) is 23.6 Å². The van der Waals surface area contributed by atoms with E-state index in [1.165, 1.54) is 11.8 Å². The molecule has 4 rings (SSSR count). The second-order valence-electron chi connectivity index (χ2n) is 6.50. The first-order chi connectivity index (χ1) is 15.2. The van der Waals surface area contributed by atoms with Crippen LogP contribution in [0.15, 0.2) is 76.8 Å². The highest BCUT2D eigenvalue weighted by Gasteiger charge is 2.17. The number of carbonyl (C=O) groups is 1. The molecule has 0 spiro atoms. The van der Waals surface area contributed by atoms with E-state index in [0.29, 0.717) is 29.8 Å². The minimum atomic E-state index is -0.132. The number of thioether (sulfide) groups is 1. The van der Waals surface area contributed by atoms with Gasteiger partial charge >= 0.3 is 0 Å². The Kier molecular flexibility index (Phi) is 6.63. The second-order valence-corrected chi connectivity index (χ2v) is 7.44. The van der Waals surface area contributed by atoms with Crippen molar-refractivity contribution >= 4 is 23.4 Å². The molecule has 0 atom stereocenters. The molecule has 1 aromatic carbocycles. The summed E-state index contributed by atoms with van der Waals surface area (Å²) in [4.78, 5) is 16.5. The number of hydrogen-bond donors (Lipinski definition) is 1. The van der Waals surface area contributed by atoms with Crippen molar-refractivity contribution in [1.29, 1.82) is 0 Å². The van der Waals surface area contributed by atoms with Crippen molar-refractivity contribution < 1.29 is 13.9 Å². The Morgan fingerprint density at radius 2 is 1.94 bits per heavy atom. The topological polar surface area (TPSA) is 95.1 Å². The fourth-order valence-electron chi connectivity index (χ4n) is 2.94. The van der Waals surface area contributed by atoms with Gasteiger partial charge in [0.2, 0.25) is 5.91 Å². The van der Waals surface area contributed by atoms with Crippen molar-refractivity contribution in [2.24, 2.45) is 0 Å². The number of carbonyl (C=O) groups excluding carboxylic acids is 1. The number of amides is 1. The van der Waals surface area contributed by atoms with Gasteiger partial charge in [-0.3, -0.25) is 14.3 Å². The molecule has 0 aliphatic rings. The molecule has 1 N–H and O–H groups in total. The van der Waals surface area contributed by atoms with E-state index in [1.807, 2.05) is 60.0 Å². The van der Waals surface area contributed by atoms with Crippen molar-refractivity contribution in [2.75, 3.05) is 17.7 Å². The Morgan fingerprint density at radius 1 is 1.13 bits per heavy atom. The molecular weight excluding hydrogens is 414 g/mol. The van der Waals surface area contributed by atoms with Crippen LogP contribution in [-0.2, 0) is 11.3 Å². The van der Waals surface area contributed by atoms with E-state index in [0.717, 1.165) is 17.1 Å². The van der Waals surface area contributed by atoms with E-state index in [4.69, 9.17) is 9.15 Å². The Balaban J connectivity index is 1.46. The molecule has 0 fully saturated rings. The number of pyridine rings is 1. The lowest BCUT2D eigenvalue weighted by molar-refractivity contribution is -0.113. The molecule has 0 aliphatic carbocycles. The average Bonchev–Trinajstić information content (AvgIpc) is 3.45. The van der Waals surface area contributed by atoms with Crippen molar-refractivity contribution in [3.63, 3.8) is 0 Å². The fraction of sp³-hybridized carbons (Fsp3) is 0.182. The Hall–Kier alpha value is -3.59. The average molecular weight is 436 g/mol. The van der Waals surface area contributed by atoms with Gasteiger partial charge in [-0.05, 0) is 55.5 Å². The number of nitrogens with one attached hydrogen (secondary N) is 1. The van der Waals surface area contributed by atoms with E-state index in [9.17, 15) is 4.79 Å².